The summed E-state index contributed by atoms with van der Waals surface area (Å²) in [6.45, 7) is 1.14. The van der Waals surface area contributed by atoms with Crippen LogP contribution in [-0.4, -0.2) is 15.9 Å². The third kappa shape index (κ3) is 1.21. The Morgan fingerprint density at radius 3 is 3.29 bits per heavy atom. The zero-order valence-electron chi connectivity index (χ0n) is 7.98. The summed E-state index contributed by atoms with van der Waals surface area (Å²) in [7, 11) is 0. The van der Waals surface area contributed by atoms with Gasteiger partial charge in [-0.25, -0.2) is 4.98 Å². The van der Waals surface area contributed by atoms with Crippen LogP contribution in [0.2, 0.25) is 0 Å². The second-order valence-electron chi connectivity index (χ2n) is 3.80. The van der Waals surface area contributed by atoms with Crippen LogP contribution < -0.4 is 5.32 Å². The first-order chi connectivity index (χ1) is 6.93. The van der Waals surface area contributed by atoms with Crippen LogP contribution in [0.15, 0.2) is 30.7 Å². The van der Waals surface area contributed by atoms with Gasteiger partial charge in [-0.3, -0.25) is 0 Å². The predicted octanol–water partition coefficient (Wildman–Crippen LogP) is 1.76. The minimum Gasteiger partial charge on any atom is -0.310 e. The Morgan fingerprint density at radius 1 is 1.43 bits per heavy atom. The fraction of sp³-hybridized carbons (Fsp3) is 0.364. The second-order valence-corrected chi connectivity index (χ2v) is 3.80. The molecule has 0 aromatic carbocycles. The van der Waals surface area contributed by atoms with Crippen LogP contribution in [0.4, 0.5) is 0 Å². The standard InChI is InChI=1S/C11H13N3/c1-2-10(12-4-1)9-3-6-14-7-5-13-11(14)8-9/h3,5-8,10,12H,1-2,4H2/t10-/m1/s1. The molecule has 1 aliphatic heterocycles. The van der Waals surface area contributed by atoms with Gasteiger partial charge in [0.2, 0.25) is 0 Å². The molecule has 3 heteroatoms. The largest absolute Gasteiger partial charge is 0.310 e. The van der Waals surface area contributed by atoms with E-state index in [1.165, 1.54) is 18.4 Å². The van der Waals surface area contributed by atoms with Gasteiger partial charge in [-0.2, -0.15) is 0 Å². The second kappa shape index (κ2) is 3.10. The highest BCUT2D eigenvalue weighted by molar-refractivity contribution is 5.42. The summed E-state index contributed by atoms with van der Waals surface area (Å²) in [6.07, 6.45) is 8.42. The van der Waals surface area contributed by atoms with E-state index in [0.717, 1.165) is 12.2 Å². The van der Waals surface area contributed by atoms with Gasteiger partial charge in [0.05, 0.1) is 0 Å². The molecule has 2 aromatic heterocycles. The number of fused-ring (bicyclic) bond motifs is 1. The summed E-state index contributed by atoms with van der Waals surface area (Å²) in [6, 6.07) is 4.89. The van der Waals surface area contributed by atoms with Crippen LogP contribution in [-0.2, 0) is 0 Å². The van der Waals surface area contributed by atoms with Gasteiger partial charge in [-0.15, -0.1) is 0 Å². The van der Waals surface area contributed by atoms with Crippen LogP contribution in [0.3, 0.4) is 0 Å². The Balaban J connectivity index is 2.04. The number of aromatic nitrogens is 2. The maximum absolute atomic E-state index is 4.29. The molecule has 1 aliphatic rings. The van der Waals surface area contributed by atoms with Gasteiger partial charge in [0.15, 0.2) is 0 Å². The van der Waals surface area contributed by atoms with Gasteiger partial charge in [0.1, 0.15) is 5.65 Å². The summed E-state index contributed by atoms with van der Waals surface area (Å²) in [5.74, 6) is 0. The smallest absolute Gasteiger partial charge is 0.136 e. The van der Waals surface area contributed by atoms with Gasteiger partial charge < -0.3 is 9.72 Å². The number of hydrogen-bond donors (Lipinski definition) is 1. The van der Waals surface area contributed by atoms with Crippen molar-refractivity contribution in [2.24, 2.45) is 0 Å². The van der Waals surface area contributed by atoms with Crippen LogP contribution in [0.5, 0.6) is 0 Å². The lowest BCUT2D eigenvalue weighted by Crippen LogP contribution is -2.12. The first kappa shape index (κ1) is 8.00. The van der Waals surface area contributed by atoms with E-state index in [-0.39, 0.29) is 0 Å². The Bertz CT molecular complexity index is 440. The maximum atomic E-state index is 4.29. The van der Waals surface area contributed by atoms with Crippen molar-refractivity contribution in [1.82, 2.24) is 14.7 Å². The van der Waals surface area contributed by atoms with Crippen molar-refractivity contribution in [2.45, 2.75) is 18.9 Å². The molecule has 1 fully saturated rings. The molecule has 0 bridgehead atoms. The third-order valence-corrected chi connectivity index (χ3v) is 2.88. The van der Waals surface area contributed by atoms with Gasteiger partial charge in [0.25, 0.3) is 0 Å². The Kier molecular flexibility index (Phi) is 1.77. The van der Waals surface area contributed by atoms with Crippen molar-refractivity contribution in [3.63, 3.8) is 0 Å². The highest BCUT2D eigenvalue weighted by Crippen LogP contribution is 2.23. The Hall–Kier alpha value is -1.35. The molecule has 72 valence electrons. The van der Waals surface area contributed by atoms with E-state index >= 15 is 0 Å². The van der Waals surface area contributed by atoms with Crippen molar-refractivity contribution < 1.29 is 0 Å². The van der Waals surface area contributed by atoms with Crippen molar-refractivity contribution in [1.29, 1.82) is 0 Å². The molecule has 0 radical (unpaired) electrons. The van der Waals surface area contributed by atoms with E-state index in [9.17, 15) is 0 Å². The summed E-state index contributed by atoms with van der Waals surface area (Å²) < 4.78 is 2.04. The van der Waals surface area contributed by atoms with E-state index in [1.54, 1.807) is 0 Å². The molecule has 0 unspecified atom stereocenters. The summed E-state index contributed by atoms with van der Waals surface area (Å²) >= 11 is 0. The first-order valence-corrected chi connectivity index (χ1v) is 5.09. The molecule has 1 N–H and O–H groups in total. The third-order valence-electron chi connectivity index (χ3n) is 2.88. The van der Waals surface area contributed by atoms with Gasteiger partial charge >= 0.3 is 0 Å². The lowest BCUT2D eigenvalue weighted by molar-refractivity contribution is 0.647. The van der Waals surface area contributed by atoms with E-state index in [4.69, 9.17) is 0 Å². The van der Waals surface area contributed by atoms with E-state index in [1.807, 2.05) is 16.8 Å². The van der Waals surface area contributed by atoms with Crippen molar-refractivity contribution in [2.75, 3.05) is 6.54 Å². The summed E-state index contributed by atoms with van der Waals surface area (Å²) in [5, 5.41) is 3.49. The lowest BCUT2D eigenvalue weighted by Gasteiger charge is -2.10. The molecule has 0 amide bonds. The summed E-state index contributed by atoms with van der Waals surface area (Å²) in [5.41, 5.74) is 2.40. The normalized spacial score (nSPS) is 21.9. The molecule has 3 nitrogen and oxygen atoms in total. The van der Waals surface area contributed by atoms with Crippen LogP contribution in [0.1, 0.15) is 24.4 Å². The monoisotopic (exact) mass is 187 g/mol. The molecule has 2 aromatic rings. The fourth-order valence-corrected chi connectivity index (χ4v) is 2.11. The number of pyridine rings is 1. The average Bonchev–Trinajstić information content (AvgIpc) is 2.88. The number of nitrogens with one attached hydrogen (secondary N) is 1. The Labute approximate surface area is 82.8 Å². The fourth-order valence-electron chi connectivity index (χ4n) is 2.11. The SMILES string of the molecule is c1cn2ccc([C@H]3CCCN3)cc2n1. The molecular formula is C11H13N3. The quantitative estimate of drug-likeness (QED) is 0.737. The van der Waals surface area contributed by atoms with Crippen LogP contribution >= 0.6 is 0 Å². The van der Waals surface area contributed by atoms with E-state index in [0.29, 0.717) is 6.04 Å². The summed E-state index contributed by atoms with van der Waals surface area (Å²) in [4.78, 5) is 4.29. The van der Waals surface area contributed by atoms with E-state index < -0.39 is 0 Å². The highest BCUT2D eigenvalue weighted by atomic mass is 15.0. The molecule has 3 rings (SSSR count). The van der Waals surface area contributed by atoms with Crippen molar-refractivity contribution in [3.8, 4) is 0 Å². The lowest BCUT2D eigenvalue weighted by atomic mass is 10.1. The van der Waals surface area contributed by atoms with Gasteiger partial charge in [-0.05, 0) is 37.1 Å². The molecule has 14 heavy (non-hydrogen) atoms. The molecule has 0 aliphatic carbocycles. The maximum Gasteiger partial charge on any atom is 0.136 e. The van der Waals surface area contributed by atoms with Gasteiger partial charge in [-0.1, -0.05) is 0 Å². The average molecular weight is 187 g/mol. The highest BCUT2D eigenvalue weighted by Gasteiger charge is 2.16. The molecule has 0 spiro atoms. The molecule has 1 atom stereocenters. The zero-order chi connectivity index (χ0) is 9.38. The molecule has 0 saturated carbocycles. The van der Waals surface area contributed by atoms with Crippen molar-refractivity contribution in [3.05, 3.63) is 36.3 Å². The van der Waals surface area contributed by atoms with Crippen LogP contribution in [0.25, 0.3) is 5.65 Å². The number of nitrogens with zero attached hydrogens (tertiary/aromatic N) is 2. The topological polar surface area (TPSA) is 29.3 Å². The van der Waals surface area contributed by atoms with E-state index in [2.05, 4.69) is 28.6 Å². The minimum atomic E-state index is 0.539. The predicted molar refractivity (Wildman–Crippen MR) is 55.2 cm³/mol. The zero-order valence-corrected chi connectivity index (χ0v) is 7.98. The van der Waals surface area contributed by atoms with Gasteiger partial charge in [0, 0.05) is 24.6 Å². The number of imidazole rings is 1. The molecule has 3 heterocycles. The molecule has 1 saturated heterocycles. The number of hydrogen-bond acceptors (Lipinski definition) is 2. The molecular weight excluding hydrogens is 174 g/mol. The Morgan fingerprint density at radius 2 is 2.43 bits per heavy atom. The first-order valence-electron chi connectivity index (χ1n) is 5.09. The minimum absolute atomic E-state index is 0.539. The van der Waals surface area contributed by atoms with Crippen LogP contribution in [0, 0.1) is 0 Å². The van der Waals surface area contributed by atoms with Crippen molar-refractivity contribution >= 4 is 5.65 Å². The number of rotatable bonds is 1.